The van der Waals surface area contributed by atoms with Crippen LogP contribution in [0.5, 0.6) is 0 Å². The van der Waals surface area contributed by atoms with Crippen molar-refractivity contribution in [3.8, 4) is 0 Å². The quantitative estimate of drug-likeness (QED) is 0.814. The number of nitrogens with one attached hydrogen (secondary N) is 2. The Morgan fingerprint density at radius 3 is 2.69 bits per heavy atom. The predicted octanol–water partition coefficient (Wildman–Crippen LogP) is 0.554. The molecule has 3 aliphatic heterocycles. The monoisotopic (exact) mass is 359 g/mol. The largest absolute Gasteiger partial charge is 0.379 e. The van der Waals surface area contributed by atoms with Crippen molar-refractivity contribution >= 4 is 5.82 Å². The minimum atomic E-state index is 0.287. The first-order valence-electron chi connectivity index (χ1n) is 10.1. The summed E-state index contributed by atoms with van der Waals surface area (Å²) in [5, 5.41) is 7.28. The molecule has 1 aromatic rings. The molecule has 0 aromatic carbocycles. The number of nitrogens with zero attached hydrogens (tertiary/aromatic N) is 3. The Balaban J connectivity index is 1.40. The minimum absolute atomic E-state index is 0.287. The molecule has 142 valence electrons. The standard InChI is InChI=1S/C19H29N5O2/c1-2-13(1)18-21-15-4-6-20-5-3-14(15)19(23-18)22-16-11-26-12-17(16)24-7-9-25-10-8-24/h13,16-17,20H,1-12H2,(H,21,22,23). The SMILES string of the molecule is C1Cc2nc(C3CC3)nc(NC3COCC3N3CCOCC3)c2CCN1. The van der Waals surface area contributed by atoms with Crippen molar-refractivity contribution in [3.05, 3.63) is 17.1 Å². The number of morpholine rings is 1. The van der Waals surface area contributed by atoms with Crippen molar-refractivity contribution < 1.29 is 9.47 Å². The van der Waals surface area contributed by atoms with Gasteiger partial charge in [0.25, 0.3) is 0 Å². The third-order valence-electron chi connectivity index (χ3n) is 6.03. The Morgan fingerprint density at radius 1 is 1.00 bits per heavy atom. The molecule has 5 rings (SSSR count). The zero-order valence-corrected chi connectivity index (χ0v) is 15.4. The van der Waals surface area contributed by atoms with Crippen molar-refractivity contribution in [2.45, 2.75) is 43.7 Å². The summed E-state index contributed by atoms with van der Waals surface area (Å²) < 4.78 is 11.4. The molecular formula is C19H29N5O2. The van der Waals surface area contributed by atoms with Crippen molar-refractivity contribution in [1.82, 2.24) is 20.2 Å². The van der Waals surface area contributed by atoms with Crippen LogP contribution in [0.1, 0.15) is 35.8 Å². The van der Waals surface area contributed by atoms with E-state index in [-0.39, 0.29) is 6.04 Å². The first-order valence-corrected chi connectivity index (χ1v) is 10.1. The number of hydrogen-bond donors (Lipinski definition) is 2. The molecule has 3 fully saturated rings. The Labute approximate surface area is 154 Å². The lowest BCUT2D eigenvalue weighted by atomic mass is 10.1. The maximum absolute atomic E-state index is 5.85. The van der Waals surface area contributed by atoms with E-state index in [1.54, 1.807) is 0 Å². The maximum atomic E-state index is 5.85. The Bertz CT molecular complexity index is 645. The normalized spacial score (nSPS) is 30.0. The molecule has 2 saturated heterocycles. The van der Waals surface area contributed by atoms with Crippen LogP contribution in [0.3, 0.4) is 0 Å². The molecule has 26 heavy (non-hydrogen) atoms. The lowest BCUT2D eigenvalue weighted by molar-refractivity contribution is 0.0130. The number of aromatic nitrogens is 2. The zero-order chi connectivity index (χ0) is 17.3. The summed E-state index contributed by atoms with van der Waals surface area (Å²) in [6.07, 6.45) is 4.47. The van der Waals surface area contributed by atoms with Gasteiger partial charge in [-0.2, -0.15) is 0 Å². The van der Waals surface area contributed by atoms with Crippen LogP contribution >= 0.6 is 0 Å². The van der Waals surface area contributed by atoms with Gasteiger partial charge in [0.15, 0.2) is 0 Å². The zero-order valence-electron chi connectivity index (χ0n) is 15.4. The van der Waals surface area contributed by atoms with E-state index in [0.29, 0.717) is 12.0 Å². The highest BCUT2D eigenvalue weighted by Gasteiger charge is 2.35. The van der Waals surface area contributed by atoms with Crippen LogP contribution in [0, 0.1) is 0 Å². The average Bonchev–Trinajstić information content (AvgIpc) is 3.46. The second-order valence-corrected chi connectivity index (χ2v) is 7.88. The highest BCUT2D eigenvalue weighted by Crippen LogP contribution is 2.39. The minimum Gasteiger partial charge on any atom is -0.379 e. The number of fused-ring (bicyclic) bond motifs is 1. The molecule has 2 N–H and O–H groups in total. The Hall–Kier alpha value is -1.28. The van der Waals surface area contributed by atoms with Gasteiger partial charge in [0.2, 0.25) is 0 Å². The van der Waals surface area contributed by atoms with Crippen LogP contribution in [0.15, 0.2) is 0 Å². The van der Waals surface area contributed by atoms with Crippen LogP contribution in [0.4, 0.5) is 5.82 Å². The smallest absolute Gasteiger partial charge is 0.134 e. The number of rotatable bonds is 4. The molecule has 7 heteroatoms. The summed E-state index contributed by atoms with van der Waals surface area (Å²) in [5.41, 5.74) is 2.56. The molecule has 0 spiro atoms. The molecule has 0 radical (unpaired) electrons. The third kappa shape index (κ3) is 3.45. The molecule has 1 aromatic heterocycles. The van der Waals surface area contributed by atoms with Gasteiger partial charge in [0, 0.05) is 37.5 Å². The van der Waals surface area contributed by atoms with Gasteiger partial charge in [-0.25, -0.2) is 9.97 Å². The van der Waals surface area contributed by atoms with Crippen LogP contribution in [-0.4, -0.2) is 79.6 Å². The van der Waals surface area contributed by atoms with Crippen LogP contribution < -0.4 is 10.6 Å². The summed E-state index contributed by atoms with van der Waals surface area (Å²) in [4.78, 5) is 12.4. The van der Waals surface area contributed by atoms with E-state index in [9.17, 15) is 0 Å². The molecule has 7 nitrogen and oxygen atoms in total. The summed E-state index contributed by atoms with van der Waals surface area (Å²) in [5.74, 6) is 2.69. The summed E-state index contributed by atoms with van der Waals surface area (Å²) in [6, 6.07) is 0.688. The van der Waals surface area contributed by atoms with Gasteiger partial charge in [0.05, 0.1) is 44.2 Å². The van der Waals surface area contributed by atoms with E-state index >= 15 is 0 Å². The topological polar surface area (TPSA) is 71.5 Å². The second-order valence-electron chi connectivity index (χ2n) is 7.88. The molecular weight excluding hydrogens is 330 g/mol. The van der Waals surface area contributed by atoms with Gasteiger partial charge in [0.1, 0.15) is 11.6 Å². The van der Waals surface area contributed by atoms with Crippen LogP contribution in [0.2, 0.25) is 0 Å². The highest BCUT2D eigenvalue weighted by molar-refractivity contribution is 5.49. The highest BCUT2D eigenvalue weighted by atomic mass is 16.5. The molecule has 2 atom stereocenters. The predicted molar refractivity (Wildman–Crippen MR) is 98.7 cm³/mol. The molecule has 0 bridgehead atoms. The first-order chi connectivity index (χ1) is 12.9. The Kier molecular flexibility index (Phi) is 4.79. The van der Waals surface area contributed by atoms with Crippen molar-refractivity contribution in [2.24, 2.45) is 0 Å². The fourth-order valence-electron chi connectivity index (χ4n) is 4.33. The number of ether oxygens (including phenoxy) is 2. The van der Waals surface area contributed by atoms with E-state index < -0.39 is 0 Å². The van der Waals surface area contributed by atoms with E-state index in [1.165, 1.54) is 24.1 Å². The maximum Gasteiger partial charge on any atom is 0.134 e. The van der Waals surface area contributed by atoms with Crippen LogP contribution in [-0.2, 0) is 22.3 Å². The van der Waals surface area contributed by atoms with E-state index in [2.05, 4.69) is 15.5 Å². The van der Waals surface area contributed by atoms with Crippen molar-refractivity contribution in [1.29, 1.82) is 0 Å². The van der Waals surface area contributed by atoms with Gasteiger partial charge in [-0.05, 0) is 25.8 Å². The first kappa shape index (κ1) is 16.9. The van der Waals surface area contributed by atoms with Gasteiger partial charge in [-0.15, -0.1) is 0 Å². The fraction of sp³-hybridized carbons (Fsp3) is 0.789. The van der Waals surface area contributed by atoms with Gasteiger partial charge < -0.3 is 20.1 Å². The number of anilines is 1. The number of hydrogen-bond acceptors (Lipinski definition) is 7. The van der Waals surface area contributed by atoms with Gasteiger partial charge in [-0.1, -0.05) is 0 Å². The fourth-order valence-corrected chi connectivity index (χ4v) is 4.33. The van der Waals surface area contributed by atoms with Gasteiger partial charge in [-0.3, -0.25) is 4.90 Å². The molecule has 4 heterocycles. The summed E-state index contributed by atoms with van der Waals surface area (Å²) in [7, 11) is 0. The Morgan fingerprint density at radius 2 is 1.85 bits per heavy atom. The molecule has 0 amide bonds. The molecule has 4 aliphatic rings. The molecule has 2 unspecified atom stereocenters. The lowest BCUT2D eigenvalue weighted by Gasteiger charge is -2.35. The van der Waals surface area contributed by atoms with Crippen molar-refractivity contribution in [3.63, 3.8) is 0 Å². The van der Waals surface area contributed by atoms with Crippen LogP contribution in [0.25, 0.3) is 0 Å². The average molecular weight is 359 g/mol. The summed E-state index contributed by atoms with van der Waals surface area (Å²) >= 11 is 0. The molecule has 1 saturated carbocycles. The molecule has 1 aliphatic carbocycles. The second kappa shape index (κ2) is 7.38. The van der Waals surface area contributed by atoms with Gasteiger partial charge >= 0.3 is 0 Å². The summed E-state index contributed by atoms with van der Waals surface area (Å²) in [6.45, 7) is 7.18. The third-order valence-corrected chi connectivity index (χ3v) is 6.03. The lowest BCUT2D eigenvalue weighted by Crippen LogP contribution is -2.51. The van der Waals surface area contributed by atoms with E-state index in [1.807, 2.05) is 0 Å². The van der Waals surface area contributed by atoms with E-state index in [0.717, 1.165) is 77.1 Å². The van der Waals surface area contributed by atoms with Crippen molar-refractivity contribution in [2.75, 3.05) is 57.9 Å². The van der Waals surface area contributed by atoms with E-state index in [4.69, 9.17) is 19.4 Å².